The minimum Gasteiger partial charge on any atom is -0.459 e. The maximum Gasteiger partial charge on any atom is 0.305 e. The lowest BCUT2D eigenvalue weighted by molar-refractivity contribution is -0.682. The van der Waals surface area contributed by atoms with Crippen molar-refractivity contribution in [2.24, 2.45) is 0 Å². The van der Waals surface area contributed by atoms with E-state index in [4.69, 9.17) is 4.42 Å². The molecule has 110 valence electrons. The highest BCUT2D eigenvalue weighted by molar-refractivity contribution is 5.92. The Kier molecular flexibility index (Phi) is 5.11. The van der Waals surface area contributed by atoms with Crippen LogP contribution in [0, 0.1) is 0 Å². The van der Waals surface area contributed by atoms with Crippen LogP contribution in [0.4, 0.5) is 0 Å². The average Bonchev–Trinajstić information content (AvgIpc) is 3.05. The first kappa shape index (κ1) is 14.8. The molecule has 1 aromatic carbocycles. The van der Waals surface area contributed by atoms with Crippen LogP contribution in [0.5, 0.6) is 0 Å². The van der Waals surface area contributed by atoms with Crippen molar-refractivity contribution >= 4 is 11.8 Å². The predicted molar refractivity (Wildman–Crippen MR) is 76.0 cm³/mol. The van der Waals surface area contributed by atoms with Crippen LogP contribution in [0.2, 0.25) is 0 Å². The molecular formula is C15H18N3O3+. The summed E-state index contributed by atoms with van der Waals surface area (Å²) in [6, 6.07) is 13.2. The Morgan fingerprint density at radius 1 is 1.14 bits per heavy atom. The first-order valence-electron chi connectivity index (χ1n) is 6.68. The van der Waals surface area contributed by atoms with Crippen molar-refractivity contribution in [1.82, 2.24) is 10.9 Å². The summed E-state index contributed by atoms with van der Waals surface area (Å²) in [5.74, 6) is -0.612. The molecule has 0 bridgehead atoms. The molecule has 6 heteroatoms. The number of furan rings is 1. The standard InChI is InChI=1S/C15H17N3O3/c1-11(12-6-3-2-4-7-12)16-10-14(19)17-18-15(20)13-8-5-9-21-13/h2-9,11,16H,10H2,1H3,(H,17,19)(H,18,20)/p+1/t11-/m0/s1. The van der Waals surface area contributed by atoms with E-state index < -0.39 is 5.91 Å². The smallest absolute Gasteiger partial charge is 0.305 e. The lowest BCUT2D eigenvalue weighted by Crippen LogP contribution is -2.87. The number of benzene rings is 1. The highest BCUT2D eigenvalue weighted by atomic mass is 16.3. The second-order valence-electron chi connectivity index (χ2n) is 4.62. The molecule has 0 aliphatic carbocycles. The Balaban J connectivity index is 1.71. The molecule has 0 unspecified atom stereocenters. The van der Waals surface area contributed by atoms with Crippen molar-refractivity contribution in [1.29, 1.82) is 0 Å². The van der Waals surface area contributed by atoms with Gasteiger partial charge in [0, 0.05) is 5.56 Å². The molecule has 2 aromatic rings. The maximum atomic E-state index is 11.7. The van der Waals surface area contributed by atoms with Crippen LogP contribution in [-0.2, 0) is 4.79 Å². The molecule has 0 spiro atoms. The molecule has 1 heterocycles. The summed E-state index contributed by atoms with van der Waals surface area (Å²) in [6.07, 6.45) is 1.39. The van der Waals surface area contributed by atoms with Gasteiger partial charge in [-0.3, -0.25) is 20.4 Å². The van der Waals surface area contributed by atoms with Crippen LogP contribution >= 0.6 is 0 Å². The van der Waals surface area contributed by atoms with Gasteiger partial charge in [-0.2, -0.15) is 0 Å². The molecule has 0 fully saturated rings. The predicted octanol–water partition coefficient (Wildman–Crippen LogP) is 0.365. The van der Waals surface area contributed by atoms with E-state index in [1.807, 2.05) is 42.6 Å². The van der Waals surface area contributed by atoms with Gasteiger partial charge in [-0.25, -0.2) is 0 Å². The van der Waals surface area contributed by atoms with E-state index in [-0.39, 0.29) is 24.3 Å². The molecule has 6 nitrogen and oxygen atoms in total. The molecule has 2 amide bonds. The number of hydrogen-bond donors (Lipinski definition) is 3. The topological polar surface area (TPSA) is 88.0 Å². The third-order valence-corrected chi connectivity index (χ3v) is 3.04. The molecular weight excluding hydrogens is 270 g/mol. The van der Waals surface area contributed by atoms with Crippen LogP contribution in [0.3, 0.4) is 0 Å². The fraction of sp³-hybridized carbons (Fsp3) is 0.200. The van der Waals surface area contributed by atoms with E-state index in [9.17, 15) is 9.59 Å². The zero-order chi connectivity index (χ0) is 15.1. The van der Waals surface area contributed by atoms with Gasteiger partial charge in [0.25, 0.3) is 5.91 Å². The third kappa shape index (κ3) is 4.47. The summed E-state index contributed by atoms with van der Waals surface area (Å²) in [5.41, 5.74) is 5.79. The highest BCUT2D eigenvalue weighted by Crippen LogP contribution is 2.05. The monoisotopic (exact) mass is 288 g/mol. The van der Waals surface area contributed by atoms with Crippen molar-refractivity contribution < 1.29 is 19.3 Å². The summed E-state index contributed by atoms with van der Waals surface area (Å²) >= 11 is 0. The number of rotatable bonds is 5. The molecule has 0 radical (unpaired) electrons. The molecule has 21 heavy (non-hydrogen) atoms. The van der Waals surface area contributed by atoms with Gasteiger partial charge in [0.05, 0.1) is 6.26 Å². The SMILES string of the molecule is C[C@H]([NH2+]CC(=O)NNC(=O)c1ccco1)c1ccccc1. The Labute approximate surface area is 122 Å². The molecule has 0 aliphatic heterocycles. The molecule has 1 aromatic heterocycles. The molecule has 0 saturated carbocycles. The van der Waals surface area contributed by atoms with Crippen molar-refractivity contribution in [3.8, 4) is 0 Å². The number of nitrogens with two attached hydrogens (primary N) is 1. The number of carbonyl (C=O) groups is 2. The lowest BCUT2D eigenvalue weighted by Gasteiger charge is -2.11. The third-order valence-electron chi connectivity index (χ3n) is 3.04. The van der Waals surface area contributed by atoms with Crippen LogP contribution in [0.25, 0.3) is 0 Å². The van der Waals surface area contributed by atoms with Gasteiger partial charge in [-0.1, -0.05) is 30.3 Å². The molecule has 0 aliphatic rings. The maximum absolute atomic E-state index is 11.7. The normalized spacial score (nSPS) is 11.7. The van der Waals surface area contributed by atoms with Crippen molar-refractivity contribution in [2.75, 3.05) is 6.54 Å². The molecule has 2 rings (SSSR count). The van der Waals surface area contributed by atoms with Gasteiger partial charge < -0.3 is 9.73 Å². The number of hydrogen-bond acceptors (Lipinski definition) is 3. The van der Waals surface area contributed by atoms with E-state index in [1.165, 1.54) is 12.3 Å². The van der Waals surface area contributed by atoms with E-state index in [0.29, 0.717) is 0 Å². The second-order valence-corrected chi connectivity index (χ2v) is 4.62. The zero-order valence-electron chi connectivity index (χ0n) is 11.7. The average molecular weight is 288 g/mol. The van der Waals surface area contributed by atoms with Crippen LogP contribution in [0.1, 0.15) is 29.1 Å². The van der Waals surface area contributed by atoms with Gasteiger partial charge >= 0.3 is 5.91 Å². The van der Waals surface area contributed by atoms with Crippen LogP contribution < -0.4 is 16.2 Å². The number of amides is 2. The lowest BCUT2D eigenvalue weighted by atomic mass is 10.1. The highest BCUT2D eigenvalue weighted by Gasteiger charge is 2.13. The largest absolute Gasteiger partial charge is 0.459 e. The minimum atomic E-state index is -0.482. The van der Waals surface area contributed by atoms with Gasteiger partial charge in [0.2, 0.25) is 0 Å². The van der Waals surface area contributed by atoms with Gasteiger partial charge in [-0.15, -0.1) is 0 Å². The van der Waals surface area contributed by atoms with E-state index in [1.54, 1.807) is 6.07 Å². The number of nitrogens with one attached hydrogen (secondary N) is 2. The first-order chi connectivity index (χ1) is 10.2. The van der Waals surface area contributed by atoms with Crippen LogP contribution in [-0.4, -0.2) is 18.4 Å². The number of carbonyl (C=O) groups excluding carboxylic acids is 2. The number of hydrazine groups is 1. The summed E-state index contributed by atoms with van der Waals surface area (Å²) in [6.45, 7) is 2.23. The van der Waals surface area contributed by atoms with Gasteiger partial charge in [0.15, 0.2) is 12.3 Å². The van der Waals surface area contributed by atoms with Crippen LogP contribution in [0.15, 0.2) is 53.1 Å². The molecule has 1 atom stereocenters. The van der Waals surface area contributed by atoms with E-state index >= 15 is 0 Å². The number of quaternary nitrogens is 1. The van der Waals surface area contributed by atoms with Crippen molar-refractivity contribution in [2.45, 2.75) is 13.0 Å². The first-order valence-corrected chi connectivity index (χ1v) is 6.68. The Morgan fingerprint density at radius 2 is 1.90 bits per heavy atom. The summed E-state index contributed by atoms with van der Waals surface area (Å²) in [5, 5.41) is 1.89. The zero-order valence-corrected chi connectivity index (χ0v) is 11.7. The van der Waals surface area contributed by atoms with Crippen molar-refractivity contribution in [3.63, 3.8) is 0 Å². The second kappa shape index (κ2) is 7.25. The van der Waals surface area contributed by atoms with E-state index in [0.717, 1.165) is 5.56 Å². The van der Waals surface area contributed by atoms with Crippen molar-refractivity contribution in [3.05, 3.63) is 60.1 Å². The summed E-state index contributed by atoms with van der Waals surface area (Å²) in [7, 11) is 0. The van der Waals surface area contributed by atoms with Gasteiger partial charge in [-0.05, 0) is 19.1 Å². The quantitative estimate of drug-likeness (QED) is 0.694. The summed E-state index contributed by atoms with van der Waals surface area (Å²) in [4.78, 5) is 23.2. The Morgan fingerprint density at radius 3 is 2.57 bits per heavy atom. The minimum absolute atomic E-state index is 0.150. The fourth-order valence-corrected chi connectivity index (χ4v) is 1.82. The van der Waals surface area contributed by atoms with E-state index in [2.05, 4.69) is 10.9 Å². The summed E-state index contributed by atoms with van der Waals surface area (Å²) < 4.78 is 4.91. The molecule has 0 saturated heterocycles. The fourth-order valence-electron chi connectivity index (χ4n) is 1.82. The Hall–Kier alpha value is -2.60. The van der Waals surface area contributed by atoms with Gasteiger partial charge in [0.1, 0.15) is 6.04 Å². The molecule has 4 N–H and O–H groups in total. The Bertz CT molecular complexity index is 581.